The quantitative estimate of drug-likeness (QED) is 0.753. The highest BCUT2D eigenvalue weighted by Crippen LogP contribution is 2.39. The van der Waals surface area contributed by atoms with Crippen LogP contribution in [0.4, 0.5) is 4.39 Å². The van der Waals surface area contributed by atoms with E-state index in [9.17, 15) is 4.39 Å². The van der Waals surface area contributed by atoms with Gasteiger partial charge in [0.05, 0.1) is 19.6 Å². The summed E-state index contributed by atoms with van der Waals surface area (Å²) in [6.45, 7) is 0. The zero-order chi connectivity index (χ0) is 14.7. The molecule has 0 aliphatic rings. The molecule has 0 heterocycles. The Morgan fingerprint density at radius 2 is 1.60 bits per heavy atom. The molecule has 20 heavy (non-hydrogen) atoms. The maximum atomic E-state index is 14.2. The van der Waals surface area contributed by atoms with Crippen LogP contribution in [0.2, 0.25) is 5.02 Å². The molecule has 1 atom stereocenters. The molecule has 0 aliphatic heterocycles. The third kappa shape index (κ3) is 2.84. The Bertz CT molecular complexity index is 617. The Morgan fingerprint density at radius 3 is 2.20 bits per heavy atom. The largest absolute Gasteiger partial charge is 0.493 e. The van der Waals surface area contributed by atoms with Crippen LogP contribution in [0, 0.1) is 5.82 Å². The first kappa shape index (κ1) is 14.9. The van der Waals surface area contributed by atoms with Crippen molar-refractivity contribution in [3.8, 4) is 11.5 Å². The van der Waals surface area contributed by atoms with E-state index in [1.165, 1.54) is 26.4 Å². The number of halogens is 3. The smallest absolute Gasteiger partial charge is 0.163 e. The summed E-state index contributed by atoms with van der Waals surface area (Å²) in [5.74, 6) is 0.265. The first-order chi connectivity index (χ1) is 9.58. The molecule has 2 rings (SSSR count). The van der Waals surface area contributed by atoms with E-state index in [0.717, 1.165) is 0 Å². The Hall–Kier alpha value is -1.45. The molecule has 106 valence electrons. The third-order valence-corrected chi connectivity index (χ3v) is 3.77. The van der Waals surface area contributed by atoms with Crippen molar-refractivity contribution < 1.29 is 13.9 Å². The monoisotopic (exact) mass is 314 g/mol. The van der Waals surface area contributed by atoms with E-state index in [4.69, 9.17) is 32.7 Å². The molecule has 0 aliphatic carbocycles. The van der Waals surface area contributed by atoms with Crippen molar-refractivity contribution >= 4 is 23.2 Å². The van der Waals surface area contributed by atoms with Gasteiger partial charge in [-0.15, -0.1) is 11.6 Å². The standard InChI is InChI=1S/C15H13Cl2FO2/c1-19-13-7-10(12(18)8-14(13)20-2)15(17)9-5-3-4-6-11(9)16/h3-8,15H,1-2H3. The van der Waals surface area contributed by atoms with Gasteiger partial charge < -0.3 is 9.47 Å². The maximum Gasteiger partial charge on any atom is 0.163 e. The summed E-state index contributed by atoms with van der Waals surface area (Å²) in [5, 5.41) is -0.217. The van der Waals surface area contributed by atoms with Crippen LogP contribution in [-0.4, -0.2) is 14.2 Å². The molecular weight excluding hydrogens is 302 g/mol. The van der Waals surface area contributed by atoms with E-state index in [0.29, 0.717) is 22.1 Å². The molecule has 2 aromatic rings. The summed E-state index contributed by atoms with van der Waals surface area (Å²) in [4.78, 5) is 0. The molecule has 0 fully saturated rings. The minimum Gasteiger partial charge on any atom is -0.493 e. The summed E-state index contributed by atoms with van der Waals surface area (Å²) in [7, 11) is 2.93. The highest BCUT2D eigenvalue weighted by Gasteiger charge is 2.20. The Kier molecular flexibility index (Phi) is 4.73. The van der Waals surface area contributed by atoms with Crippen molar-refractivity contribution in [1.29, 1.82) is 0 Å². The number of rotatable bonds is 4. The second kappa shape index (κ2) is 6.33. The molecule has 0 amide bonds. The molecule has 1 unspecified atom stereocenters. The molecule has 0 bridgehead atoms. The van der Waals surface area contributed by atoms with Crippen molar-refractivity contribution in [2.75, 3.05) is 14.2 Å². The van der Waals surface area contributed by atoms with Gasteiger partial charge in [0.15, 0.2) is 11.5 Å². The number of methoxy groups -OCH3 is 2. The van der Waals surface area contributed by atoms with Gasteiger partial charge in [-0.25, -0.2) is 4.39 Å². The Labute approximate surface area is 127 Å². The normalized spacial score (nSPS) is 12.1. The van der Waals surface area contributed by atoms with Gasteiger partial charge in [-0.1, -0.05) is 29.8 Å². The summed E-state index contributed by atoms with van der Waals surface area (Å²) < 4.78 is 24.4. The molecular formula is C15H13Cl2FO2. The van der Waals surface area contributed by atoms with Gasteiger partial charge in [0.25, 0.3) is 0 Å². The summed E-state index contributed by atoms with van der Waals surface area (Å²) in [5.41, 5.74) is 0.930. The maximum absolute atomic E-state index is 14.2. The molecule has 5 heteroatoms. The van der Waals surface area contributed by atoms with E-state index in [1.807, 2.05) is 0 Å². The predicted molar refractivity (Wildman–Crippen MR) is 78.7 cm³/mol. The van der Waals surface area contributed by atoms with Gasteiger partial charge in [-0.3, -0.25) is 0 Å². The van der Waals surface area contributed by atoms with Crippen molar-refractivity contribution in [1.82, 2.24) is 0 Å². The lowest BCUT2D eigenvalue weighted by Gasteiger charge is -2.16. The second-order valence-electron chi connectivity index (χ2n) is 4.11. The molecule has 0 aromatic heterocycles. The summed E-state index contributed by atoms with van der Waals surface area (Å²) in [6, 6.07) is 9.84. The van der Waals surface area contributed by atoms with E-state index >= 15 is 0 Å². The van der Waals surface area contributed by atoms with Gasteiger partial charge in [0.1, 0.15) is 5.82 Å². The second-order valence-corrected chi connectivity index (χ2v) is 4.96. The first-order valence-electron chi connectivity index (χ1n) is 5.88. The highest BCUT2D eigenvalue weighted by molar-refractivity contribution is 6.33. The summed E-state index contributed by atoms with van der Waals surface area (Å²) >= 11 is 12.4. The van der Waals surface area contributed by atoms with Gasteiger partial charge in [-0.05, 0) is 17.7 Å². The zero-order valence-corrected chi connectivity index (χ0v) is 12.5. The number of hydrogen-bond donors (Lipinski definition) is 0. The number of alkyl halides is 1. The van der Waals surface area contributed by atoms with Crippen molar-refractivity contribution in [3.63, 3.8) is 0 Å². The minimum atomic E-state index is -0.705. The van der Waals surface area contributed by atoms with E-state index in [2.05, 4.69) is 0 Å². The van der Waals surface area contributed by atoms with Gasteiger partial charge in [0, 0.05) is 16.7 Å². The fourth-order valence-electron chi connectivity index (χ4n) is 1.91. The SMILES string of the molecule is COc1cc(F)c(C(Cl)c2ccccc2Cl)cc1OC. The molecule has 0 spiro atoms. The average Bonchev–Trinajstić information content (AvgIpc) is 2.46. The first-order valence-corrected chi connectivity index (χ1v) is 6.69. The van der Waals surface area contributed by atoms with Gasteiger partial charge >= 0.3 is 0 Å². The number of ether oxygens (including phenoxy) is 2. The molecule has 0 saturated heterocycles. The number of hydrogen-bond acceptors (Lipinski definition) is 2. The van der Waals surface area contributed by atoms with Crippen molar-refractivity contribution in [2.24, 2.45) is 0 Å². The topological polar surface area (TPSA) is 18.5 Å². The average molecular weight is 315 g/mol. The van der Waals surface area contributed by atoms with Crippen LogP contribution in [0.15, 0.2) is 36.4 Å². The fourth-order valence-corrected chi connectivity index (χ4v) is 2.57. The van der Waals surface area contributed by atoms with Crippen molar-refractivity contribution in [2.45, 2.75) is 5.38 Å². The van der Waals surface area contributed by atoms with Crippen LogP contribution in [-0.2, 0) is 0 Å². The zero-order valence-electron chi connectivity index (χ0n) is 11.0. The van der Waals surface area contributed by atoms with Crippen LogP contribution >= 0.6 is 23.2 Å². The lowest BCUT2D eigenvalue weighted by molar-refractivity contribution is 0.351. The predicted octanol–water partition coefficient (Wildman–Crippen LogP) is 4.82. The van der Waals surface area contributed by atoms with Gasteiger partial charge in [0.2, 0.25) is 0 Å². The molecule has 2 nitrogen and oxygen atoms in total. The molecule has 0 N–H and O–H groups in total. The number of benzene rings is 2. The van der Waals surface area contributed by atoms with E-state index < -0.39 is 11.2 Å². The van der Waals surface area contributed by atoms with Crippen LogP contribution < -0.4 is 9.47 Å². The Balaban J connectivity index is 2.50. The van der Waals surface area contributed by atoms with Crippen LogP contribution in [0.3, 0.4) is 0 Å². The van der Waals surface area contributed by atoms with Gasteiger partial charge in [-0.2, -0.15) is 0 Å². The van der Waals surface area contributed by atoms with E-state index in [-0.39, 0.29) is 5.56 Å². The lowest BCUT2D eigenvalue weighted by Crippen LogP contribution is -2.01. The van der Waals surface area contributed by atoms with Crippen LogP contribution in [0.5, 0.6) is 11.5 Å². The Morgan fingerprint density at radius 1 is 1.00 bits per heavy atom. The molecule has 0 saturated carbocycles. The fraction of sp³-hybridized carbons (Fsp3) is 0.200. The highest BCUT2D eigenvalue weighted by atomic mass is 35.5. The third-order valence-electron chi connectivity index (χ3n) is 2.95. The molecule has 0 radical (unpaired) electrons. The summed E-state index contributed by atoms with van der Waals surface area (Å²) in [6.07, 6.45) is 0. The van der Waals surface area contributed by atoms with Crippen LogP contribution in [0.25, 0.3) is 0 Å². The molecule has 2 aromatic carbocycles. The van der Waals surface area contributed by atoms with E-state index in [1.54, 1.807) is 24.3 Å². The minimum absolute atomic E-state index is 0.289. The van der Waals surface area contributed by atoms with Crippen molar-refractivity contribution in [3.05, 3.63) is 58.4 Å². The van der Waals surface area contributed by atoms with Crippen LogP contribution in [0.1, 0.15) is 16.5 Å². The lowest BCUT2D eigenvalue weighted by atomic mass is 10.0.